The summed E-state index contributed by atoms with van der Waals surface area (Å²) in [4.78, 5) is 8.09. The van der Waals surface area contributed by atoms with E-state index in [1.165, 1.54) is 0 Å². The lowest BCUT2D eigenvalue weighted by atomic mass is 10.2. The molecule has 1 aromatic heterocycles. The minimum absolute atomic E-state index is 0.182. The van der Waals surface area contributed by atoms with Gasteiger partial charge in [0.15, 0.2) is 0 Å². The van der Waals surface area contributed by atoms with Crippen LogP contribution in [0, 0.1) is 0 Å². The summed E-state index contributed by atoms with van der Waals surface area (Å²) in [6, 6.07) is 1.82. The molecule has 0 aliphatic rings. The fourth-order valence-corrected chi connectivity index (χ4v) is 1.12. The number of nitrogens with two attached hydrogens (primary N) is 1. The fraction of sp³-hybridized carbons (Fsp3) is 0.556. The molecule has 0 atom stereocenters. The number of hydrogen-bond donors (Lipinski definition) is 3. The molecule has 1 rings (SSSR count). The van der Waals surface area contributed by atoms with Gasteiger partial charge in [-0.05, 0) is 26.2 Å². The maximum atomic E-state index is 5.22. The van der Waals surface area contributed by atoms with Crippen molar-refractivity contribution < 1.29 is 0 Å². The Balaban J connectivity index is 2.57. The number of nitrogens with zero attached hydrogens (tertiary/aromatic N) is 2. The van der Waals surface area contributed by atoms with Crippen LogP contribution in [0.5, 0.6) is 0 Å². The van der Waals surface area contributed by atoms with Crippen molar-refractivity contribution in [3.63, 3.8) is 0 Å². The second-order valence-electron chi connectivity index (χ2n) is 3.73. The first kappa shape index (κ1) is 12.1. The number of nitrogen functional groups attached to an aromatic ring is 1. The van der Waals surface area contributed by atoms with E-state index in [2.05, 4.69) is 40.8 Å². The van der Waals surface area contributed by atoms with E-state index in [-0.39, 0.29) is 4.75 Å². The molecule has 0 unspecified atom stereocenters. The van der Waals surface area contributed by atoms with Crippen LogP contribution in [0.1, 0.15) is 13.8 Å². The standard InChI is InChI=1S/C9H17N5S/c1-9(2,15-3)6-12-7-4-5-11-8(13-7)14-10/h4-5H,6,10H2,1-3H3,(H2,11,12,13,14). The SMILES string of the molecule is CSC(C)(C)CNc1ccnc(NN)n1. The number of thioether (sulfide) groups is 1. The average molecular weight is 227 g/mol. The number of aromatic nitrogens is 2. The van der Waals surface area contributed by atoms with Gasteiger partial charge in [0.1, 0.15) is 5.82 Å². The molecule has 0 bridgehead atoms. The monoisotopic (exact) mass is 227 g/mol. The quantitative estimate of drug-likeness (QED) is 0.520. The molecule has 5 nitrogen and oxygen atoms in total. The molecule has 0 aliphatic carbocycles. The van der Waals surface area contributed by atoms with E-state index in [9.17, 15) is 0 Å². The third-order valence-corrected chi connectivity index (χ3v) is 3.28. The molecule has 0 aliphatic heterocycles. The van der Waals surface area contributed by atoms with Gasteiger partial charge < -0.3 is 5.32 Å². The van der Waals surface area contributed by atoms with Gasteiger partial charge in [-0.3, -0.25) is 5.43 Å². The summed E-state index contributed by atoms with van der Waals surface area (Å²) in [5, 5.41) is 3.24. The second-order valence-corrected chi connectivity index (χ2v) is 5.24. The van der Waals surface area contributed by atoms with Gasteiger partial charge in [0.2, 0.25) is 5.95 Å². The molecular formula is C9H17N5S. The van der Waals surface area contributed by atoms with E-state index in [1.54, 1.807) is 6.20 Å². The van der Waals surface area contributed by atoms with Crippen LogP contribution < -0.4 is 16.6 Å². The lowest BCUT2D eigenvalue weighted by molar-refractivity contribution is 0.750. The van der Waals surface area contributed by atoms with Crippen molar-refractivity contribution in [1.29, 1.82) is 0 Å². The van der Waals surface area contributed by atoms with Gasteiger partial charge in [-0.1, -0.05) is 0 Å². The Morgan fingerprint density at radius 3 is 2.87 bits per heavy atom. The smallest absolute Gasteiger partial charge is 0.239 e. The Kier molecular flexibility index (Phi) is 4.16. The number of rotatable bonds is 5. The molecule has 84 valence electrons. The van der Waals surface area contributed by atoms with Crippen LogP contribution in [0.2, 0.25) is 0 Å². The first-order valence-electron chi connectivity index (χ1n) is 4.66. The molecule has 0 radical (unpaired) electrons. The first-order valence-corrected chi connectivity index (χ1v) is 5.88. The number of nitrogens with one attached hydrogen (secondary N) is 2. The van der Waals surface area contributed by atoms with Crippen molar-refractivity contribution in [1.82, 2.24) is 9.97 Å². The van der Waals surface area contributed by atoms with E-state index in [0.29, 0.717) is 5.95 Å². The lowest BCUT2D eigenvalue weighted by Crippen LogP contribution is -2.26. The molecule has 1 aromatic rings. The van der Waals surface area contributed by atoms with Crippen molar-refractivity contribution in [2.24, 2.45) is 5.84 Å². The first-order chi connectivity index (χ1) is 7.07. The van der Waals surface area contributed by atoms with Crippen LogP contribution in [0.3, 0.4) is 0 Å². The number of hydrazine groups is 1. The lowest BCUT2D eigenvalue weighted by Gasteiger charge is -2.22. The highest BCUT2D eigenvalue weighted by molar-refractivity contribution is 7.99. The van der Waals surface area contributed by atoms with Gasteiger partial charge in [0.05, 0.1) is 0 Å². The highest BCUT2D eigenvalue weighted by atomic mass is 32.2. The highest BCUT2D eigenvalue weighted by Crippen LogP contribution is 2.21. The van der Waals surface area contributed by atoms with Gasteiger partial charge in [-0.25, -0.2) is 10.8 Å². The molecular weight excluding hydrogens is 210 g/mol. The Hall–Kier alpha value is -1.01. The van der Waals surface area contributed by atoms with Crippen molar-refractivity contribution in [2.75, 3.05) is 23.5 Å². The van der Waals surface area contributed by atoms with Crippen LogP contribution in [0.15, 0.2) is 12.3 Å². The Labute approximate surface area is 94.2 Å². The average Bonchev–Trinajstić information content (AvgIpc) is 2.27. The normalized spacial score (nSPS) is 11.2. The van der Waals surface area contributed by atoms with Crippen LogP contribution >= 0.6 is 11.8 Å². The molecule has 15 heavy (non-hydrogen) atoms. The minimum Gasteiger partial charge on any atom is -0.369 e. The summed E-state index contributed by atoms with van der Waals surface area (Å²) >= 11 is 1.81. The van der Waals surface area contributed by atoms with Gasteiger partial charge in [-0.15, -0.1) is 0 Å². The van der Waals surface area contributed by atoms with E-state index in [1.807, 2.05) is 17.8 Å². The summed E-state index contributed by atoms with van der Waals surface area (Å²) in [5.41, 5.74) is 2.41. The zero-order valence-electron chi connectivity index (χ0n) is 9.24. The van der Waals surface area contributed by atoms with Crippen LogP contribution in [0.4, 0.5) is 11.8 Å². The van der Waals surface area contributed by atoms with Gasteiger partial charge in [-0.2, -0.15) is 16.7 Å². The molecule has 6 heteroatoms. The molecule has 0 aromatic carbocycles. The predicted molar refractivity (Wildman–Crippen MR) is 65.9 cm³/mol. The van der Waals surface area contributed by atoms with E-state index in [0.717, 1.165) is 12.4 Å². The predicted octanol–water partition coefficient (Wildman–Crippen LogP) is 1.32. The molecule has 0 saturated carbocycles. The van der Waals surface area contributed by atoms with E-state index >= 15 is 0 Å². The Bertz CT molecular complexity index is 315. The fourth-order valence-electron chi connectivity index (χ4n) is 0.902. The van der Waals surface area contributed by atoms with Gasteiger partial charge in [0, 0.05) is 17.5 Å². The third kappa shape index (κ3) is 3.93. The van der Waals surface area contributed by atoms with Crippen molar-refractivity contribution in [2.45, 2.75) is 18.6 Å². The van der Waals surface area contributed by atoms with Crippen LogP contribution in [0.25, 0.3) is 0 Å². The molecule has 4 N–H and O–H groups in total. The van der Waals surface area contributed by atoms with Crippen molar-refractivity contribution >= 4 is 23.5 Å². The minimum atomic E-state index is 0.182. The zero-order valence-corrected chi connectivity index (χ0v) is 10.1. The summed E-state index contributed by atoms with van der Waals surface area (Å²) in [6.07, 6.45) is 3.76. The van der Waals surface area contributed by atoms with Crippen molar-refractivity contribution in [3.05, 3.63) is 12.3 Å². The number of anilines is 2. The Morgan fingerprint density at radius 1 is 1.53 bits per heavy atom. The zero-order chi connectivity index (χ0) is 11.3. The third-order valence-electron chi connectivity index (χ3n) is 2.03. The molecule has 0 spiro atoms. The largest absolute Gasteiger partial charge is 0.369 e. The molecule has 0 saturated heterocycles. The highest BCUT2D eigenvalue weighted by Gasteiger charge is 2.15. The van der Waals surface area contributed by atoms with Gasteiger partial charge in [0.25, 0.3) is 0 Å². The van der Waals surface area contributed by atoms with Crippen molar-refractivity contribution in [3.8, 4) is 0 Å². The van der Waals surface area contributed by atoms with Gasteiger partial charge >= 0.3 is 0 Å². The molecule has 0 fully saturated rings. The molecule has 0 amide bonds. The summed E-state index contributed by atoms with van der Waals surface area (Å²) in [7, 11) is 0. The van der Waals surface area contributed by atoms with E-state index in [4.69, 9.17) is 5.84 Å². The summed E-state index contributed by atoms with van der Waals surface area (Å²) in [5.74, 6) is 6.42. The molecule has 1 heterocycles. The Morgan fingerprint density at radius 2 is 2.27 bits per heavy atom. The topological polar surface area (TPSA) is 75.9 Å². The maximum Gasteiger partial charge on any atom is 0.239 e. The van der Waals surface area contributed by atoms with E-state index < -0.39 is 0 Å². The van der Waals surface area contributed by atoms with Crippen LogP contribution in [-0.2, 0) is 0 Å². The summed E-state index contributed by atoms with van der Waals surface area (Å²) < 4.78 is 0.182. The summed E-state index contributed by atoms with van der Waals surface area (Å²) in [6.45, 7) is 5.19. The van der Waals surface area contributed by atoms with Crippen LogP contribution in [-0.4, -0.2) is 27.5 Å². The number of hydrogen-bond acceptors (Lipinski definition) is 6. The maximum absolute atomic E-state index is 5.22. The second kappa shape index (κ2) is 5.18.